The zero-order valence-corrected chi connectivity index (χ0v) is 23.5. The molecule has 0 aliphatic carbocycles. The van der Waals surface area contributed by atoms with Gasteiger partial charge < -0.3 is 19.9 Å². The summed E-state index contributed by atoms with van der Waals surface area (Å²) in [6, 6.07) is 9.60. The van der Waals surface area contributed by atoms with Gasteiger partial charge in [0.25, 0.3) is 0 Å². The molecule has 0 radical (unpaired) electrons. The first kappa shape index (κ1) is 31.0. The van der Waals surface area contributed by atoms with Crippen LogP contribution in [0.1, 0.15) is 39.7 Å². The van der Waals surface area contributed by atoms with Crippen molar-refractivity contribution in [1.82, 2.24) is 10.6 Å². The summed E-state index contributed by atoms with van der Waals surface area (Å²) in [4.78, 5) is 48.1. The third-order valence-corrected chi connectivity index (χ3v) is 8.47. The van der Waals surface area contributed by atoms with Gasteiger partial charge in [0.05, 0.1) is 25.3 Å². The Balaban J connectivity index is 1.81. The molecule has 2 amide bonds. The van der Waals surface area contributed by atoms with Crippen LogP contribution in [-0.4, -0.2) is 67.2 Å². The summed E-state index contributed by atoms with van der Waals surface area (Å²) < 4.78 is 29.8. The van der Waals surface area contributed by atoms with Gasteiger partial charge in [-0.1, -0.05) is 62.9 Å². The van der Waals surface area contributed by atoms with E-state index >= 15 is 0 Å². The van der Waals surface area contributed by atoms with Crippen LogP contribution in [0, 0.1) is 11.3 Å². The molecule has 1 aliphatic rings. The van der Waals surface area contributed by atoms with E-state index in [9.17, 15) is 23.7 Å². The fourth-order valence-electron chi connectivity index (χ4n) is 3.50. The number of hydrogen-bond acceptors (Lipinski definition) is 9. The smallest absolute Gasteiger partial charge is 0.332 e. The van der Waals surface area contributed by atoms with E-state index < -0.39 is 36.9 Å². The summed E-state index contributed by atoms with van der Waals surface area (Å²) in [5, 5.41) is 5.31. The van der Waals surface area contributed by atoms with Gasteiger partial charge in [-0.3, -0.25) is 28.3 Å². The van der Waals surface area contributed by atoms with E-state index in [-0.39, 0.29) is 43.4 Å². The number of rotatable bonds is 13. The van der Waals surface area contributed by atoms with Gasteiger partial charge in [-0.15, -0.1) is 0 Å². The van der Waals surface area contributed by atoms with E-state index in [1.807, 2.05) is 30.3 Å². The Labute approximate surface area is 222 Å². The van der Waals surface area contributed by atoms with E-state index in [1.54, 1.807) is 20.8 Å². The summed E-state index contributed by atoms with van der Waals surface area (Å²) in [7, 11) is -3.75. The van der Waals surface area contributed by atoms with Gasteiger partial charge >= 0.3 is 13.6 Å². The minimum Gasteiger partial charge on any atom is -0.465 e. The first-order valence-corrected chi connectivity index (χ1v) is 14.9. The topological polar surface area (TPSA) is 137 Å². The van der Waals surface area contributed by atoms with Crippen LogP contribution >= 0.6 is 19.4 Å². The van der Waals surface area contributed by atoms with Crippen molar-refractivity contribution in [1.29, 1.82) is 0 Å². The summed E-state index contributed by atoms with van der Waals surface area (Å²) in [5.41, 5.74) is 0.263. The molecule has 206 valence electrons. The SMILES string of the molecule is CC(=O)SCCNC(=O)CCNC(=O)[C@@H]1OP(=O)(C[C@@H](C)C(=O)OCCc2ccccc2)OCC1(C)C. The van der Waals surface area contributed by atoms with E-state index in [0.717, 1.165) is 17.3 Å². The van der Waals surface area contributed by atoms with Crippen molar-refractivity contribution in [2.45, 2.75) is 46.6 Å². The van der Waals surface area contributed by atoms with Gasteiger partial charge in [-0.25, -0.2) is 0 Å². The predicted molar refractivity (Wildman–Crippen MR) is 141 cm³/mol. The zero-order valence-electron chi connectivity index (χ0n) is 21.8. The maximum absolute atomic E-state index is 13.3. The van der Waals surface area contributed by atoms with E-state index in [0.29, 0.717) is 18.7 Å². The number of carbonyl (C=O) groups is 4. The average molecular weight is 557 g/mol. The lowest BCUT2D eigenvalue weighted by Crippen LogP contribution is -2.50. The lowest BCUT2D eigenvalue weighted by Gasteiger charge is -2.40. The molecule has 1 fully saturated rings. The number of carbonyl (C=O) groups excluding carboxylic acids is 4. The number of nitrogens with one attached hydrogen (secondary N) is 2. The molecule has 3 atom stereocenters. The summed E-state index contributed by atoms with van der Waals surface area (Å²) >= 11 is 1.12. The van der Waals surface area contributed by atoms with Gasteiger partial charge in [-0.05, 0) is 5.56 Å². The quantitative estimate of drug-likeness (QED) is 0.213. The highest BCUT2D eigenvalue weighted by atomic mass is 32.2. The van der Waals surface area contributed by atoms with Crippen LogP contribution in [0.5, 0.6) is 0 Å². The number of esters is 1. The molecule has 0 saturated carbocycles. The number of thioether (sulfide) groups is 1. The molecule has 10 nitrogen and oxygen atoms in total. The number of amides is 2. The minimum atomic E-state index is -3.75. The van der Waals surface area contributed by atoms with Gasteiger partial charge in [0.15, 0.2) is 11.2 Å². The molecular formula is C25H37N2O8PS. The van der Waals surface area contributed by atoms with Gasteiger partial charge in [-0.2, -0.15) is 0 Å². The van der Waals surface area contributed by atoms with Crippen molar-refractivity contribution in [2.24, 2.45) is 11.3 Å². The third kappa shape index (κ3) is 11.0. The maximum atomic E-state index is 13.3. The molecule has 1 aromatic rings. The van der Waals surface area contributed by atoms with Gasteiger partial charge in [0.1, 0.15) is 0 Å². The molecule has 0 aromatic heterocycles. The zero-order chi connectivity index (χ0) is 27.5. The van der Waals surface area contributed by atoms with E-state index in [1.165, 1.54) is 6.92 Å². The Hall–Kier alpha value is -2.20. The van der Waals surface area contributed by atoms with Crippen LogP contribution in [0.25, 0.3) is 0 Å². The highest BCUT2D eigenvalue weighted by Crippen LogP contribution is 2.57. The summed E-state index contributed by atoms with van der Waals surface area (Å²) in [6.45, 7) is 7.16. The number of ether oxygens (including phenoxy) is 1. The van der Waals surface area contributed by atoms with Crippen molar-refractivity contribution < 1.29 is 37.5 Å². The summed E-state index contributed by atoms with van der Waals surface area (Å²) in [5.74, 6) is -1.56. The van der Waals surface area contributed by atoms with Crippen LogP contribution in [0.15, 0.2) is 30.3 Å². The van der Waals surface area contributed by atoms with E-state index in [4.69, 9.17) is 13.8 Å². The maximum Gasteiger partial charge on any atom is 0.332 e. The fourth-order valence-corrected chi connectivity index (χ4v) is 6.30. The molecule has 0 bridgehead atoms. The Bertz CT molecular complexity index is 988. The molecule has 1 heterocycles. The standard InChI is InChI=1S/C25H37N2O8PS/c1-18(24(31)33-14-11-20-8-6-5-7-9-20)16-36(32)34-17-25(3,4)22(35-36)23(30)27-12-10-21(29)26-13-15-37-19(2)28/h5-9,18,22H,10-17H2,1-4H3,(H,26,29)(H,27,30)/t18-,22+,36?/m1/s1. The molecule has 1 saturated heterocycles. The normalized spacial score (nSPS) is 21.5. The molecule has 1 aliphatic heterocycles. The fraction of sp³-hybridized carbons (Fsp3) is 0.600. The van der Waals surface area contributed by atoms with Crippen molar-refractivity contribution in [3.05, 3.63) is 35.9 Å². The van der Waals surface area contributed by atoms with Crippen LogP contribution in [0.2, 0.25) is 0 Å². The van der Waals surface area contributed by atoms with Crippen molar-refractivity contribution in [2.75, 3.05) is 38.2 Å². The minimum absolute atomic E-state index is 0.00639. The van der Waals surface area contributed by atoms with Crippen LogP contribution in [-0.2, 0) is 43.9 Å². The molecule has 37 heavy (non-hydrogen) atoms. The third-order valence-electron chi connectivity index (χ3n) is 5.61. The van der Waals surface area contributed by atoms with E-state index in [2.05, 4.69) is 10.6 Å². The number of hydrogen-bond donors (Lipinski definition) is 2. The summed E-state index contributed by atoms with van der Waals surface area (Å²) in [6.07, 6.45) is -0.680. The molecular weight excluding hydrogens is 519 g/mol. The Morgan fingerprint density at radius 3 is 2.54 bits per heavy atom. The lowest BCUT2D eigenvalue weighted by atomic mass is 9.87. The second-order valence-corrected chi connectivity index (χ2v) is 12.9. The Morgan fingerprint density at radius 1 is 1.16 bits per heavy atom. The molecule has 1 aromatic carbocycles. The van der Waals surface area contributed by atoms with Gasteiger partial charge in [0, 0.05) is 44.0 Å². The first-order chi connectivity index (χ1) is 17.4. The van der Waals surface area contributed by atoms with Crippen LogP contribution < -0.4 is 10.6 Å². The molecule has 2 N–H and O–H groups in total. The predicted octanol–water partition coefficient (Wildman–Crippen LogP) is 2.95. The monoisotopic (exact) mass is 556 g/mol. The van der Waals surface area contributed by atoms with Crippen LogP contribution in [0.3, 0.4) is 0 Å². The second kappa shape index (κ2) is 14.7. The lowest BCUT2D eigenvalue weighted by molar-refractivity contribution is -0.147. The Kier molecular flexibility index (Phi) is 12.3. The molecule has 1 unspecified atom stereocenters. The molecule has 12 heteroatoms. The largest absolute Gasteiger partial charge is 0.465 e. The van der Waals surface area contributed by atoms with Crippen molar-refractivity contribution in [3.63, 3.8) is 0 Å². The van der Waals surface area contributed by atoms with Crippen molar-refractivity contribution in [3.8, 4) is 0 Å². The Morgan fingerprint density at radius 2 is 1.86 bits per heavy atom. The van der Waals surface area contributed by atoms with Crippen LogP contribution in [0.4, 0.5) is 0 Å². The second-order valence-electron chi connectivity index (χ2n) is 9.58. The number of benzene rings is 1. The first-order valence-electron chi connectivity index (χ1n) is 12.2. The van der Waals surface area contributed by atoms with Gasteiger partial charge in [0.2, 0.25) is 11.8 Å². The van der Waals surface area contributed by atoms with Crippen molar-refractivity contribution >= 4 is 42.3 Å². The highest BCUT2D eigenvalue weighted by Gasteiger charge is 2.48. The molecule has 2 rings (SSSR count). The molecule has 0 spiro atoms. The average Bonchev–Trinajstić information content (AvgIpc) is 2.84. The highest BCUT2D eigenvalue weighted by molar-refractivity contribution is 8.13.